The lowest BCUT2D eigenvalue weighted by molar-refractivity contribution is -0.132. The number of rotatable bonds is 7. The van der Waals surface area contributed by atoms with Gasteiger partial charge in [-0.25, -0.2) is 0 Å². The third-order valence-electron chi connectivity index (χ3n) is 5.10. The first kappa shape index (κ1) is 16.5. The monoisotopic (exact) mass is 268 g/mol. The molecule has 0 aromatic heterocycles. The molecule has 112 valence electrons. The third-order valence-corrected chi connectivity index (χ3v) is 5.10. The second-order valence-corrected chi connectivity index (χ2v) is 6.17. The molecule has 0 bridgehead atoms. The lowest BCUT2D eigenvalue weighted by Crippen LogP contribution is -2.49. The van der Waals surface area contributed by atoms with Gasteiger partial charge in [-0.15, -0.1) is 0 Å². The molecule has 0 atom stereocenters. The number of nitrogens with two attached hydrogens (primary N) is 1. The summed E-state index contributed by atoms with van der Waals surface area (Å²) in [5.74, 6) is 1.06. The summed E-state index contributed by atoms with van der Waals surface area (Å²) in [6.07, 6.45) is 9.11. The van der Waals surface area contributed by atoms with Gasteiger partial charge in [-0.1, -0.05) is 33.6 Å². The largest absolute Gasteiger partial charge is 0.353 e. The van der Waals surface area contributed by atoms with Crippen LogP contribution in [-0.4, -0.2) is 18.5 Å². The summed E-state index contributed by atoms with van der Waals surface area (Å²) in [5.41, 5.74) is 5.49. The first-order valence-corrected chi connectivity index (χ1v) is 8.12. The van der Waals surface area contributed by atoms with Crippen LogP contribution >= 0.6 is 0 Å². The van der Waals surface area contributed by atoms with Crippen LogP contribution < -0.4 is 11.1 Å². The summed E-state index contributed by atoms with van der Waals surface area (Å²) in [6.45, 7) is 6.84. The highest BCUT2D eigenvalue weighted by Gasteiger charge is 2.35. The van der Waals surface area contributed by atoms with Crippen LogP contribution in [0.3, 0.4) is 0 Å². The van der Waals surface area contributed by atoms with E-state index in [-0.39, 0.29) is 11.3 Å². The Kier molecular flexibility index (Phi) is 6.84. The van der Waals surface area contributed by atoms with E-state index in [4.69, 9.17) is 5.73 Å². The van der Waals surface area contributed by atoms with Crippen LogP contribution in [0.5, 0.6) is 0 Å². The Labute approximate surface area is 118 Å². The third kappa shape index (κ3) is 4.20. The van der Waals surface area contributed by atoms with Gasteiger partial charge in [-0.2, -0.15) is 0 Å². The molecule has 3 nitrogen and oxygen atoms in total. The van der Waals surface area contributed by atoms with E-state index in [0.717, 1.165) is 31.6 Å². The zero-order valence-electron chi connectivity index (χ0n) is 13.0. The van der Waals surface area contributed by atoms with Crippen molar-refractivity contribution in [3.05, 3.63) is 0 Å². The molecule has 19 heavy (non-hydrogen) atoms. The van der Waals surface area contributed by atoms with Crippen molar-refractivity contribution in [1.29, 1.82) is 0 Å². The number of carbonyl (C=O) groups is 1. The molecule has 3 heteroatoms. The second-order valence-electron chi connectivity index (χ2n) is 6.17. The van der Waals surface area contributed by atoms with Gasteiger partial charge in [0.1, 0.15) is 0 Å². The molecule has 1 aliphatic carbocycles. The van der Waals surface area contributed by atoms with Gasteiger partial charge in [0.25, 0.3) is 0 Å². The number of carbonyl (C=O) groups excluding carboxylic acids is 1. The summed E-state index contributed by atoms with van der Waals surface area (Å²) in [7, 11) is 0. The zero-order chi connectivity index (χ0) is 14.3. The van der Waals surface area contributed by atoms with Crippen LogP contribution in [0.4, 0.5) is 0 Å². The summed E-state index contributed by atoms with van der Waals surface area (Å²) >= 11 is 0. The van der Waals surface area contributed by atoms with Crippen molar-refractivity contribution in [2.45, 2.75) is 78.2 Å². The minimum absolute atomic E-state index is 0.180. The summed E-state index contributed by atoms with van der Waals surface area (Å²) in [6, 6.07) is 0.379. The molecule has 1 fully saturated rings. The minimum Gasteiger partial charge on any atom is -0.353 e. The lowest BCUT2D eigenvalue weighted by Gasteiger charge is -2.34. The molecule has 1 rings (SSSR count). The molecule has 3 N–H and O–H groups in total. The molecule has 0 heterocycles. The van der Waals surface area contributed by atoms with Crippen molar-refractivity contribution in [3.63, 3.8) is 0 Å². The highest BCUT2D eigenvalue weighted by molar-refractivity contribution is 5.83. The maximum atomic E-state index is 12.4. The average molecular weight is 268 g/mol. The lowest BCUT2D eigenvalue weighted by atomic mass is 9.79. The van der Waals surface area contributed by atoms with E-state index in [1.807, 2.05) is 0 Å². The van der Waals surface area contributed by atoms with Crippen molar-refractivity contribution < 1.29 is 4.79 Å². The van der Waals surface area contributed by atoms with Gasteiger partial charge in [0.2, 0.25) is 5.91 Å². The van der Waals surface area contributed by atoms with Crippen molar-refractivity contribution in [2.24, 2.45) is 17.1 Å². The fraction of sp³-hybridized carbons (Fsp3) is 0.938. The molecule has 0 aromatic rings. The number of amides is 1. The highest BCUT2D eigenvalue weighted by Crippen LogP contribution is 2.30. The van der Waals surface area contributed by atoms with Crippen LogP contribution in [0.25, 0.3) is 0 Å². The molecule has 0 radical (unpaired) electrons. The number of nitrogens with one attached hydrogen (secondary N) is 1. The number of hydrogen-bond acceptors (Lipinski definition) is 2. The number of hydrogen-bond donors (Lipinski definition) is 2. The van der Waals surface area contributed by atoms with Crippen molar-refractivity contribution >= 4 is 5.91 Å². The topological polar surface area (TPSA) is 55.1 Å². The summed E-state index contributed by atoms with van der Waals surface area (Å²) in [4.78, 5) is 12.4. The fourth-order valence-electron chi connectivity index (χ4n) is 3.29. The van der Waals surface area contributed by atoms with E-state index in [1.165, 1.54) is 25.7 Å². The Morgan fingerprint density at radius 2 is 1.74 bits per heavy atom. The van der Waals surface area contributed by atoms with Gasteiger partial charge in [-0.05, 0) is 44.4 Å². The maximum Gasteiger partial charge on any atom is 0.227 e. The standard InChI is InChI=1S/C16H32N2O/c1-4-7-13-8-10-14(11-9-13)18-15(19)16(5-2,6-3)12-17/h13-14H,4-12,17H2,1-3H3,(H,18,19). The van der Waals surface area contributed by atoms with Crippen LogP contribution in [0, 0.1) is 11.3 Å². The van der Waals surface area contributed by atoms with E-state index in [0.29, 0.717) is 12.6 Å². The van der Waals surface area contributed by atoms with E-state index in [2.05, 4.69) is 26.1 Å². The van der Waals surface area contributed by atoms with Gasteiger partial charge in [0.05, 0.1) is 5.41 Å². The van der Waals surface area contributed by atoms with Crippen LogP contribution in [0.2, 0.25) is 0 Å². The molecule has 0 aromatic carbocycles. The average Bonchev–Trinajstić information content (AvgIpc) is 2.44. The molecule has 1 amide bonds. The maximum absolute atomic E-state index is 12.4. The van der Waals surface area contributed by atoms with Gasteiger partial charge >= 0.3 is 0 Å². The zero-order valence-corrected chi connectivity index (χ0v) is 13.0. The summed E-state index contributed by atoms with van der Waals surface area (Å²) < 4.78 is 0. The smallest absolute Gasteiger partial charge is 0.227 e. The Morgan fingerprint density at radius 1 is 1.16 bits per heavy atom. The Bertz CT molecular complexity index is 258. The highest BCUT2D eigenvalue weighted by atomic mass is 16.2. The van der Waals surface area contributed by atoms with Gasteiger partial charge in [0, 0.05) is 12.6 Å². The quantitative estimate of drug-likeness (QED) is 0.745. The molecular formula is C16H32N2O. The first-order valence-electron chi connectivity index (χ1n) is 8.12. The van der Waals surface area contributed by atoms with Gasteiger partial charge in [0.15, 0.2) is 0 Å². The van der Waals surface area contributed by atoms with Crippen LogP contribution in [0.1, 0.15) is 72.1 Å². The predicted octanol–water partition coefficient (Wildman–Crippen LogP) is 3.23. The molecule has 1 aliphatic rings. The molecular weight excluding hydrogens is 236 g/mol. The van der Waals surface area contributed by atoms with Gasteiger partial charge in [-0.3, -0.25) is 4.79 Å². The predicted molar refractivity (Wildman–Crippen MR) is 80.9 cm³/mol. The van der Waals surface area contributed by atoms with Crippen molar-refractivity contribution in [2.75, 3.05) is 6.54 Å². The van der Waals surface area contributed by atoms with E-state index >= 15 is 0 Å². The van der Waals surface area contributed by atoms with E-state index < -0.39 is 0 Å². The molecule has 0 spiro atoms. The van der Waals surface area contributed by atoms with E-state index in [9.17, 15) is 4.79 Å². The van der Waals surface area contributed by atoms with E-state index in [1.54, 1.807) is 0 Å². The van der Waals surface area contributed by atoms with Crippen LogP contribution in [-0.2, 0) is 4.79 Å². The second kappa shape index (κ2) is 7.88. The normalized spacial score (nSPS) is 24.2. The minimum atomic E-state index is -0.347. The Hall–Kier alpha value is -0.570. The first-order chi connectivity index (χ1) is 9.11. The van der Waals surface area contributed by atoms with Gasteiger partial charge < -0.3 is 11.1 Å². The molecule has 0 unspecified atom stereocenters. The molecule has 0 aliphatic heterocycles. The Morgan fingerprint density at radius 3 is 2.16 bits per heavy atom. The Balaban J connectivity index is 2.45. The fourth-order valence-corrected chi connectivity index (χ4v) is 3.29. The van der Waals surface area contributed by atoms with Crippen molar-refractivity contribution in [1.82, 2.24) is 5.32 Å². The van der Waals surface area contributed by atoms with Crippen LogP contribution in [0.15, 0.2) is 0 Å². The molecule has 0 saturated heterocycles. The summed E-state index contributed by atoms with van der Waals surface area (Å²) in [5, 5.41) is 3.26. The SMILES string of the molecule is CCCC1CCC(NC(=O)C(CC)(CC)CN)CC1. The van der Waals surface area contributed by atoms with Crippen molar-refractivity contribution in [3.8, 4) is 0 Å². The molecule has 1 saturated carbocycles.